The Morgan fingerprint density at radius 3 is 3.07 bits per heavy atom. The predicted molar refractivity (Wildman–Crippen MR) is 53.7 cm³/mol. The molecule has 14 heavy (non-hydrogen) atoms. The Morgan fingerprint density at radius 1 is 1.64 bits per heavy atom. The number of rotatable bonds is 3. The predicted octanol–water partition coefficient (Wildman–Crippen LogP) is 2.19. The van der Waals surface area contributed by atoms with Crippen molar-refractivity contribution in [2.45, 2.75) is 26.2 Å². The molecule has 0 aromatic carbocycles. The fourth-order valence-electron chi connectivity index (χ4n) is 1.46. The third-order valence-corrected chi connectivity index (χ3v) is 2.10. The molecular weight excluding hydrogens is 180 g/mol. The van der Waals surface area contributed by atoms with Gasteiger partial charge in [0.1, 0.15) is 5.76 Å². The van der Waals surface area contributed by atoms with E-state index in [9.17, 15) is 4.79 Å². The molecule has 3 heteroatoms. The molecule has 0 aliphatic heterocycles. The van der Waals surface area contributed by atoms with Crippen molar-refractivity contribution >= 4 is 5.97 Å². The van der Waals surface area contributed by atoms with Crippen molar-refractivity contribution in [2.75, 3.05) is 13.7 Å². The van der Waals surface area contributed by atoms with Gasteiger partial charge in [-0.1, -0.05) is 0 Å². The summed E-state index contributed by atoms with van der Waals surface area (Å²) in [4.78, 5) is 11.2. The fourth-order valence-corrected chi connectivity index (χ4v) is 1.46. The number of allylic oxidation sites excluding steroid dienone is 2. The van der Waals surface area contributed by atoms with Crippen LogP contribution in [0.4, 0.5) is 0 Å². The molecule has 0 fully saturated rings. The third-order valence-electron chi connectivity index (χ3n) is 2.10. The van der Waals surface area contributed by atoms with Crippen molar-refractivity contribution in [3.63, 3.8) is 0 Å². The van der Waals surface area contributed by atoms with Gasteiger partial charge in [0.25, 0.3) is 0 Å². The summed E-state index contributed by atoms with van der Waals surface area (Å²) in [6.07, 6.45) is 6.51. The highest BCUT2D eigenvalue weighted by molar-refractivity contribution is 5.83. The zero-order chi connectivity index (χ0) is 10.4. The first kappa shape index (κ1) is 10.8. The van der Waals surface area contributed by atoms with Crippen LogP contribution in [0.2, 0.25) is 0 Å². The van der Waals surface area contributed by atoms with Crippen LogP contribution in [-0.4, -0.2) is 19.7 Å². The van der Waals surface area contributed by atoms with Gasteiger partial charge < -0.3 is 9.47 Å². The smallest absolute Gasteiger partial charge is 0.331 e. The van der Waals surface area contributed by atoms with Gasteiger partial charge in [-0.2, -0.15) is 0 Å². The minimum Gasteiger partial charge on any atom is -0.497 e. The fraction of sp³-hybridized carbons (Fsp3) is 0.545. The molecule has 0 bridgehead atoms. The van der Waals surface area contributed by atoms with E-state index >= 15 is 0 Å². The maximum Gasteiger partial charge on any atom is 0.331 e. The van der Waals surface area contributed by atoms with Gasteiger partial charge in [0.05, 0.1) is 13.7 Å². The van der Waals surface area contributed by atoms with Crippen LogP contribution in [0.3, 0.4) is 0 Å². The SMILES string of the molecule is CCOC(=O)/C=C1/CCCC=C1OC. The second-order valence-corrected chi connectivity index (χ2v) is 3.09. The summed E-state index contributed by atoms with van der Waals surface area (Å²) in [6, 6.07) is 0. The number of methoxy groups -OCH3 is 1. The summed E-state index contributed by atoms with van der Waals surface area (Å²) >= 11 is 0. The molecule has 0 N–H and O–H groups in total. The second kappa shape index (κ2) is 5.47. The molecule has 78 valence electrons. The molecule has 1 rings (SSSR count). The molecule has 0 spiro atoms. The summed E-state index contributed by atoms with van der Waals surface area (Å²) in [5.41, 5.74) is 0.942. The number of carbonyl (C=O) groups excluding carboxylic acids is 1. The average Bonchev–Trinajstić information content (AvgIpc) is 2.19. The molecule has 1 aliphatic rings. The maximum atomic E-state index is 11.2. The van der Waals surface area contributed by atoms with Crippen molar-refractivity contribution in [1.29, 1.82) is 0 Å². The van der Waals surface area contributed by atoms with Crippen LogP contribution in [0.25, 0.3) is 0 Å². The molecule has 0 radical (unpaired) electrons. The van der Waals surface area contributed by atoms with E-state index in [1.165, 1.54) is 6.08 Å². The minimum atomic E-state index is -0.285. The summed E-state index contributed by atoms with van der Waals surface area (Å²) in [6.45, 7) is 2.21. The Labute approximate surface area is 84.4 Å². The van der Waals surface area contributed by atoms with E-state index in [2.05, 4.69) is 0 Å². The zero-order valence-electron chi connectivity index (χ0n) is 8.71. The van der Waals surface area contributed by atoms with Crippen LogP contribution in [-0.2, 0) is 14.3 Å². The Hall–Kier alpha value is -1.25. The number of hydrogen-bond acceptors (Lipinski definition) is 3. The molecule has 0 amide bonds. The van der Waals surface area contributed by atoms with Crippen LogP contribution in [0.15, 0.2) is 23.5 Å². The van der Waals surface area contributed by atoms with E-state index in [1.807, 2.05) is 6.08 Å². The van der Waals surface area contributed by atoms with Gasteiger partial charge in [0, 0.05) is 11.6 Å². The third kappa shape index (κ3) is 2.91. The lowest BCUT2D eigenvalue weighted by atomic mass is 10.00. The minimum absolute atomic E-state index is 0.285. The monoisotopic (exact) mass is 196 g/mol. The normalized spacial score (nSPS) is 19.0. The molecule has 0 unspecified atom stereocenters. The number of ether oxygens (including phenoxy) is 2. The standard InChI is InChI=1S/C11H16O3/c1-3-14-11(12)8-9-6-4-5-7-10(9)13-2/h7-8H,3-6H2,1-2H3/b9-8-. The van der Waals surface area contributed by atoms with Gasteiger partial charge in [-0.3, -0.25) is 0 Å². The Morgan fingerprint density at radius 2 is 2.43 bits per heavy atom. The van der Waals surface area contributed by atoms with Crippen molar-refractivity contribution < 1.29 is 14.3 Å². The highest BCUT2D eigenvalue weighted by Crippen LogP contribution is 2.24. The van der Waals surface area contributed by atoms with E-state index in [1.54, 1.807) is 14.0 Å². The van der Waals surface area contributed by atoms with Crippen molar-refractivity contribution in [3.05, 3.63) is 23.5 Å². The van der Waals surface area contributed by atoms with Gasteiger partial charge in [-0.15, -0.1) is 0 Å². The largest absolute Gasteiger partial charge is 0.497 e. The van der Waals surface area contributed by atoms with E-state index in [0.717, 1.165) is 30.6 Å². The van der Waals surface area contributed by atoms with Crippen LogP contribution in [0.5, 0.6) is 0 Å². The van der Waals surface area contributed by atoms with Crippen LogP contribution >= 0.6 is 0 Å². The molecule has 0 heterocycles. The zero-order valence-corrected chi connectivity index (χ0v) is 8.71. The topological polar surface area (TPSA) is 35.5 Å². The summed E-state index contributed by atoms with van der Waals surface area (Å²) in [7, 11) is 1.62. The Bertz CT molecular complexity index is 264. The van der Waals surface area contributed by atoms with E-state index in [0.29, 0.717) is 6.61 Å². The van der Waals surface area contributed by atoms with E-state index in [4.69, 9.17) is 9.47 Å². The second-order valence-electron chi connectivity index (χ2n) is 3.09. The summed E-state index contributed by atoms with van der Waals surface area (Å²) in [5.74, 6) is 0.525. The molecule has 0 saturated carbocycles. The van der Waals surface area contributed by atoms with Crippen LogP contribution in [0, 0.1) is 0 Å². The van der Waals surface area contributed by atoms with E-state index in [-0.39, 0.29) is 5.97 Å². The maximum absolute atomic E-state index is 11.2. The highest BCUT2D eigenvalue weighted by atomic mass is 16.5. The van der Waals surface area contributed by atoms with Crippen molar-refractivity contribution in [1.82, 2.24) is 0 Å². The molecule has 1 aliphatic carbocycles. The average molecular weight is 196 g/mol. The van der Waals surface area contributed by atoms with Crippen LogP contribution < -0.4 is 0 Å². The number of carbonyl (C=O) groups is 1. The van der Waals surface area contributed by atoms with E-state index < -0.39 is 0 Å². The Balaban J connectivity index is 2.69. The van der Waals surface area contributed by atoms with Gasteiger partial charge in [0.15, 0.2) is 0 Å². The lowest BCUT2D eigenvalue weighted by Gasteiger charge is -2.15. The van der Waals surface area contributed by atoms with Gasteiger partial charge in [-0.25, -0.2) is 4.79 Å². The van der Waals surface area contributed by atoms with Crippen LogP contribution in [0.1, 0.15) is 26.2 Å². The lowest BCUT2D eigenvalue weighted by Crippen LogP contribution is -2.05. The molecule has 0 aromatic rings. The number of esters is 1. The van der Waals surface area contributed by atoms with Gasteiger partial charge >= 0.3 is 5.97 Å². The first-order valence-electron chi connectivity index (χ1n) is 4.89. The Kier molecular flexibility index (Phi) is 4.23. The quantitative estimate of drug-likeness (QED) is 0.512. The summed E-state index contributed by atoms with van der Waals surface area (Å²) in [5, 5.41) is 0. The highest BCUT2D eigenvalue weighted by Gasteiger charge is 2.12. The van der Waals surface area contributed by atoms with Gasteiger partial charge in [-0.05, 0) is 32.3 Å². The first-order valence-corrected chi connectivity index (χ1v) is 4.89. The number of hydrogen-bond donors (Lipinski definition) is 0. The first-order chi connectivity index (χ1) is 6.77. The van der Waals surface area contributed by atoms with Gasteiger partial charge in [0.2, 0.25) is 0 Å². The van der Waals surface area contributed by atoms with Crippen molar-refractivity contribution in [2.24, 2.45) is 0 Å². The van der Waals surface area contributed by atoms with Crippen molar-refractivity contribution in [3.8, 4) is 0 Å². The molecule has 0 saturated heterocycles. The summed E-state index contributed by atoms with van der Waals surface area (Å²) < 4.78 is 10.0. The lowest BCUT2D eigenvalue weighted by molar-refractivity contribution is -0.137. The molecule has 0 aromatic heterocycles. The molecular formula is C11H16O3. The molecule has 0 atom stereocenters. The molecule has 3 nitrogen and oxygen atoms in total.